The average Bonchev–Trinajstić information content (AvgIpc) is 2.96. The number of likely N-dealkylation sites (tertiary alicyclic amines) is 1. The van der Waals surface area contributed by atoms with Crippen LogP contribution < -0.4 is 5.32 Å². The molecule has 1 saturated heterocycles. The molecule has 32 heavy (non-hydrogen) atoms. The third-order valence-electron chi connectivity index (χ3n) is 6.31. The minimum absolute atomic E-state index is 0.0893. The highest BCUT2D eigenvalue weighted by Gasteiger charge is 2.35. The van der Waals surface area contributed by atoms with Crippen LogP contribution in [0, 0.1) is 6.92 Å². The van der Waals surface area contributed by atoms with Crippen molar-refractivity contribution in [3.05, 3.63) is 70.3 Å². The van der Waals surface area contributed by atoms with Crippen LogP contribution in [0.5, 0.6) is 0 Å². The van der Waals surface area contributed by atoms with Gasteiger partial charge in [0.2, 0.25) is 5.91 Å². The molecule has 0 spiro atoms. The van der Waals surface area contributed by atoms with E-state index in [0.29, 0.717) is 17.7 Å². The standard InChI is InChI=1S/C26H31N3O3/c1-19-6-11-22-23(16-19)26(32)29(25(22)31)15-12-24(30)27-17-20-7-9-21(10-8-20)18-28-13-4-2-3-5-14-28/h6-11,16H,2-5,12-15,17-18H2,1H3,(H,27,30). The molecule has 0 aliphatic carbocycles. The van der Waals surface area contributed by atoms with Crippen LogP contribution in [-0.4, -0.2) is 47.2 Å². The van der Waals surface area contributed by atoms with Gasteiger partial charge in [0.25, 0.3) is 11.8 Å². The summed E-state index contributed by atoms with van der Waals surface area (Å²) in [5, 5.41) is 2.89. The topological polar surface area (TPSA) is 69.7 Å². The fourth-order valence-corrected chi connectivity index (χ4v) is 4.43. The van der Waals surface area contributed by atoms with Crippen molar-refractivity contribution in [3.63, 3.8) is 0 Å². The molecule has 6 nitrogen and oxygen atoms in total. The Labute approximate surface area is 189 Å². The van der Waals surface area contributed by atoms with Crippen molar-refractivity contribution in [1.82, 2.24) is 15.1 Å². The molecule has 0 aromatic heterocycles. The van der Waals surface area contributed by atoms with Gasteiger partial charge in [0, 0.05) is 26.1 Å². The van der Waals surface area contributed by atoms with Crippen molar-refractivity contribution < 1.29 is 14.4 Å². The molecular weight excluding hydrogens is 402 g/mol. The van der Waals surface area contributed by atoms with Crippen LogP contribution in [0.4, 0.5) is 0 Å². The first-order valence-electron chi connectivity index (χ1n) is 11.5. The fraction of sp³-hybridized carbons (Fsp3) is 0.423. The molecule has 0 atom stereocenters. The van der Waals surface area contributed by atoms with Crippen molar-refractivity contribution in [3.8, 4) is 0 Å². The maximum Gasteiger partial charge on any atom is 0.261 e. The van der Waals surface area contributed by atoms with Crippen molar-refractivity contribution in [2.45, 2.75) is 52.1 Å². The van der Waals surface area contributed by atoms with E-state index < -0.39 is 0 Å². The molecule has 0 bridgehead atoms. The Balaban J connectivity index is 1.23. The first-order valence-corrected chi connectivity index (χ1v) is 11.5. The maximum absolute atomic E-state index is 12.5. The molecule has 1 N–H and O–H groups in total. The maximum atomic E-state index is 12.5. The Kier molecular flexibility index (Phi) is 7.00. The average molecular weight is 434 g/mol. The number of amides is 3. The van der Waals surface area contributed by atoms with Crippen LogP contribution in [0.2, 0.25) is 0 Å². The number of hydrogen-bond acceptors (Lipinski definition) is 4. The molecule has 2 aliphatic heterocycles. The van der Waals surface area contributed by atoms with E-state index in [1.54, 1.807) is 12.1 Å². The van der Waals surface area contributed by atoms with Gasteiger partial charge in [0.1, 0.15) is 0 Å². The molecule has 168 valence electrons. The minimum Gasteiger partial charge on any atom is -0.352 e. The molecule has 0 radical (unpaired) electrons. The molecule has 1 fully saturated rings. The van der Waals surface area contributed by atoms with Crippen LogP contribution >= 0.6 is 0 Å². The summed E-state index contributed by atoms with van der Waals surface area (Å²) in [5.74, 6) is -0.814. The van der Waals surface area contributed by atoms with E-state index in [9.17, 15) is 14.4 Å². The number of nitrogens with zero attached hydrogens (tertiary/aromatic N) is 2. The summed E-state index contributed by atoms with van der Waals surface area (Å²) in [6, 6.07) is 13.6. The van der Waals surface area contributed by atoms with Crippen molar-refractivity contribution in [1.29, 1.82) is 0 Å². The fourth-order valence-electron chi connectivity index (χ4n) is 4.43. The van der Waals surface area contributed by atoms with Gasteiger partial charge in [-0.05, 0) is 56.1 Å². The molecule has 2 aliphatic rings. The highest BCUT2D eigenvalue weighted by Crippen LogP contribution is 2.24. The van der Waals surface area contributed by atoms with Crippen LogP contribution in [0.1, 0.15) is 69.5 Å². The molecular formula is C26H31N3O3. The molecule has 0 saturated carbocycles. The Hall–Kier alpha value is -2.99. The van der Waals surface area contributed by atoms with E-state index in [1.807, 2.05) is 13.0 Å². The van der Waals surface area contributed by atoms with Gasteiger partial charge < -0.3 is 5.32 Å². The van der Waals surface area contributed by atoms with Gasteiger partial charge in [-0.25, -0.2) is 0 Å². The summed E-state index contributed by atoms with van der Waals surface area (Å²) >= 11 is 0. The highest BCUT2D eigenvalue weighted by atomic mass is 16.2. The lowest BCUT2D eigenvalue weighted by molar-refractivity contribution is -0.121. The number of imide groups is 1. The van der Waals surface area contributed by atoms with Crippen molar-refractivity contribution in [2.75, 3.05) is 19.6 Å². The van der Waals surface area contributed by atoms with Gasteiger partial charge in [0.15, 0.2) is 0 Å². The molecule has 3 amide bonds. The largest absolute Gasteiger partial charge is 0.352 e. The summed E-state index contributed by atoms with van der Waals surface area (Å²) < 4.78 is 0. The lowest BCUT2D eigenvalue weighted by Gasteiger charge is -2.19. The Morgan fingerprint density at radius 3 is 2.25 bits per heavy atom. The van der Waals surface area contributed by atoms with E-state index in [2.05, 4.69) is 34.5 Å². The third kappa shape index (κ3) is 5.25. The summed E-state index contributed by atoms with van der Waals surface area (Å²) in [5.41, 5.74) is 4.11. The van der Waals surface area contributed by atoms with Gasteiger partial charge in [-0.1, -0.05) is 48.7 Å². The number of carbonyl (C=O) groups excluding carboxylic acids is 3. The van der Waals surface area contributed by atoms with Crippen LogP contribution in [0.3, 0.4) is 0 Å². The molecule has 2 aromatic carbocycles. The zero-order valence-corrected chi connectivity index (χ0v) is 18.7. The van der Waals surface area contributed by atoms with Crippen molar-refractivity contribution >= 4 is 17.7 Å². The Bertz CT molecular complexity index is 992. The third-order valence-corrected chi connectivity index (χ3v) is 6.31. The van der Waals surface area contributed by atoms with Crippen LogP contribution in [0.25, 0.3) is 0 Å². The van der Waals surface area contributed by atoms with Gasteiger partial charge in [-0.2, -0.15) is 0 Å². The first kappa shape index (κ1) is 22.2. The highest BCUT2D eigenvalue weighted by molar-refractivity contribution is 6.21. The van der Waals surface area contributed by atoms with E-state index in [-0.39, 0.29) is 30.7 Å². The summed E-state index contributed by atoms with van der Waals surface area (Å²) in [7, 11) is 0. The first-order chi connectivity index (χ1) is 15.5. The molecule has 0 unspecified atom stereocenters. The molecule has 6 heteroatoms. The zero-order chi connectivity index (χ0) is 22.5. The number of fused-ring (bicyclic) bond motifs is 1. The number of carbonyl (C=O) groups is 3. The van der Waals surface area contributed by atoms with Crippen LogP contribution in [-0.2, 0) is 17.9 Å². The van der Waals surface area contributed by atoms with Gasteiger partial charge in [0.05, 0.1) is 11.1 Å². The Morgan fingerprint density at radius 2 is 1.53 bits per heavy atom. The predicted molar refractivity (Wildman–Crippen MR) is 123 cm³/mol. The van der Waals surface area contributed by atoms with E-state index in [1.165, 1.54) is 49.2 Å². The summed E-state index contributed by atoms with van der Waals surface area (Å²) in [4.78, 5) is 41.0. The lowest BCUT2D eigenvalue weighted by atomic mass is 10.1. The van der Waals surface area contributed by atoms with Crippen LogP contribution in [0.15, 0.2) is 42.5 Å². The molecule has 2 aromatic rings. The predicted octanol–water partition coefficient (Wildman–Crippen LogP) is 3.67. The lowest BCUT2D eigenvalue weighted by Crippen LogP contribution is -2.34. The minimum atomic E-state index is -0.321. The molecule has 2 heterocycles. The van der Waals surface area contributed by atoms with E-state index in [4.69, 9.17) is 0 Å². The second-order valence-corrected chi connectivity index (χ2v) is 8.84. The number of benzene rings is 2. The second-order valence-electron chi connectivity index (χ2n) is 8.84. The van der Waals surface area contributed by atoms with E-state index >= 15 is 0 Å². The zero-order valence-electron chi connectivity index (χ0n) is 18.7. The number of rotatable bonds is 7. The second kappa shape index (κ2) is 10.1. The van der Waals surface area contributed by atoms with E-state index in [0.717, 1.165) is 17.7 Å². The quantitative estimate of drug-likeness (QED) is 0.677. The van der Waals surface area contributed by atoms with Gasteiger partial charge in [-0.15, -0.1) is 0 Å². The Morgan fingerprint density at radius 1 is 0.875 bits per heavy atom. The number of aryl methyl sites for hydroxylation is 1. The number of nitrogens with one attached hydrogen (secondary N) is 1. The SMILES string of the molecule is Cc1ccc2c(c1)C(=O)N(CCC(=O)NCc1ccc(CN3CCCCCC3)cc1)C2=O. The summed E-state index contributed by atoms with van der Waals surface area (Å²) in [6.45, 7) is 5.73. The number of hydrogen-bond donors (Lipinski definition) is 1. The van der Waals surface area contributed by atoms with Crippen molar-refractivity contribution in [2.24, 2.45) is 0 Å². The summed E-state index contributed by atoms with van der Waals surface area (Å²) in [6.07, 6.45) is 5.33. The van der Waals surface area contributed by atoms with Gasteiger partial charge in [-0.3, -0.25) is 24.2 Å². The monoisotopic (exact) mass is 433 g/mol. The normalized spacial score (nSPS) is 16.7. The van der Waals surface area contributed by atoms with Gasteiger partial charge >= 0.3 is 0 Å². The smallest absolute Gasteiger partial charge is 0.261 e. The molecule has 4 rings (SSSR count).